The predicted octanol–water partition coefficient (Wildman–Crippen LogP) is 10.5. The first-order valence-electron chi connectivity index (χ1n) is 15.2. The van der Waals surface area contributed by atoms with E-state index in [0.717, 1.165) is 47.7 Å². The number of nitrogens with zero attached hydrogens (tertiary/aromatic N) is 1. The van der Waals surface area contributed by atoms with Gasteiger partial charge in [-0.3, -0.25) is 4.79 Å². The Hall–Kier alpha value is -5.61. The van der Waals surface area contributed by atoms with E-state index in [1.54, 1.807) is 19.2 Å². The Balaban J connectivity index is 1.19. The van der Waals surface area contributed by atoms with Crippen molar-refractivity contribution in [2.45, 2.75) is 18.8 Å². The lowest BCUT2D eigenvalue weighted by atomic mass is 9.86. The minimum absolute atomic E-state index is 0.243. The molecule has 0 heterocycles. The van der Waals surface area contributed by atoms with Crippen molar-refractivity contribution < 1.29 is 14.3 Å². The zero-order chi connectivity index (χ0) is 30.8. The maximum atomic E-state index is 11.0. The summed E-state index contributed by atoms with van der Waals surface area (Å²) in [6, 6.07) is 53.7. The lowest BCUT2D eigenvalue weighted by Gasteiger charge is -2.26. The number of hydrogen-bond acceptors (Lipinski definition) is 4. The smallest absolute Gasteiger partial charge is 0.150 e. The summed E-state index contributed by atoms with van der Waals surface area (Å²) in [5.74, 6) is 2.55. The molecule has 0 bridgehead atoms. The van der Waals surface area contributed by atoms with Crippen molar-refractivity contribution in [1.82, 2.24) is 0 Å². The Morgan fingerprint density at radius 1 is 0.556 bits per heavy atom. The van der Waals surface area contributed by atoms with Crippen LogP contribution in [0.4, 0.5) is 17.1 Å². The second-order valence-electron chi connectivity index (χ2n) is 10.9. The summed E-state index contributed by atoms with van der Waals surface area (Å²) in [5.41, 5.74) is 7.74. The summed E-state index contributed by atoms with van der Waals surface area (Å²) < 4.78 is 11.4. The molecule has 45 heavy (non-hydrogen) atoms. The van der Waals surface area contributed by atoms with Crippen molar-refractivity contribution in [2.24, 2.45) is 0 Å². The Labute approximate surface area is 265 Å². The van der Waals surface area contributed by atoms with E-state index in [0.29, 0.717) is 11.3 Å². The molecule has 0 saturated heterocycles. The van der Waals surface area contributed by atoms with Gasteiger partial charge in [0.05, 0.1) is 7.11 Å². The maximum absolute atomic E-state index is 11.0. The third kappa shape index (κ3) is 7.31. The van der Waals surface area contributed by atoms with Gasteiger partial charge in [-0.15, -0.1) is 0 Å². The number of anilines is 3. The molecule has 6 aromatic rings. The summed E-state index contributed by atoms with van der Waals surface area (Å²) >= 11 is 0. The molecule has 6 rings (SSSR count). The number of carbonyl (C=O) groups is 1. The zero-order valence-electron chi connectivity index (χ0n) is 25.3. The van der Waals surface area contributed by atoms with Crippen LogP contribution in [0.25, 0.3) is 0 Å². The first kappa shape index (κ1) is 29.5. The van der Waals surface area contributed by atoms with Gasteiger partial charge in [0.25, 0.3) is 0 Å². The lowest BCUT2D eigenvalue weighted by Crippen LogP contribution is -2.10. The number of para-hydroxylation sites is 1. The van der Waals surface area contributed by atoms with Gasteiger partial charge >= 0.3 is 0 Å². The number of aldehydes is 1. The van der Waals surface area contributed by atoms with Gasteiger partial charge in [-0.2, -0.15) is 0 Å². The van der Waals surface area contributed by atoms with Crippen LogP contribution >= 0.6 is 0 Å². The Morgan fingerprint density at radius 2 is 1.04 bits per heavy atom. The topological polar surface area (TPSA) is 38.8 Å². The molecule has 4 nitrogen and oxygen atoms in total. The van der Waals surface area contributed by atoms with Crippen molar-refractivity contribution in [3.05, 3.63) is 180 Å². The first-order chi connectivity index (χ1) is 22.2. The quantitative estimate of drug-likeness (QED) is 0.133. The van der Waals surface area contributed by atoms with E-state index in [4.69, 9.17) is 9.47 Å². The number of aryl methyl sites for hydroxylation is 1. The van der Waals surface area contributed by atoms with E-state index in [-0.39, 0.29) is 5.92 Å². The molecule has 0 aliphatic carbocycles. The van der Waals surface area contributed by atoms with E-state index >= 15 is 0 Å². The standard InChI is InChI=1S/C41H35NO3/c1-44-38-27-21-37(22-28-38)42(35-10-6-3-7-11-35)36-19-12-31(13-20-36)16-29-41(33-8-4-2-5-9-33)34-17-25-40(26-18-34)45-39-23-14-32(30-43)15-24-39/h2-15,17-28,30,41H,16,29H2,1H3. The maximum Gasteiger partial charge on any atom is 0.150 e. The SMILES string of the molecule is COc1ccc(N(c2ccccc2)c2ccc(CCC(c3ccccc3)c3ccc(Oc4ccc(C=O)cc4)cc3)cc2)cc1. The largest absolute Gasteiger partial charge is 0.497 e. The normalized spacial score (nSPS) is 11.4. The van der Waals surface area contributed by atoms with Crippen LogP contribution in [-0.4, -0.2) is 13.4 Å². The van der Waals surface area contributed by atoms with Crippen LogP contribution in [0.5, 0.6) is 17.2 Å². The number of rotatable bonds is 12. The van der Waals surface area contributed by atoms with Gasteiger partial charge in [-0.25, -0.2) is 0 Å². The van der Waals surface area contributed by atoms with Crippen LogP contribution in [0, 0.1) is 0 Å². The molecule has 0 N–H and O–H groups in total. The van der Waals surface area contributed by atoms with Crippen molar-refractivity contribution in [3.63, 3.8) is 0 Å². The Kier molecular flexibility index (Phi) is 9.32. The molecule has 0 amide bonds. The van der Waals surface area contributed by atoms with Gasteiger partial charge in [-0.05, 0) is 114 Å². The summed E-state index contributed by atoms with van der Waals surface area (Å²) in [6.45, 7) is 0. The monoisotopic (exact) mass is 589 g/mol. The van der Waals surface area contributed by atoms with Crippen LogP contribution in [-0.2, 0) is 6.42 Å². The third-order valence-corrected chi connectivity index (χ3v) is 8.00. The molecule has 222 valence electrons. The van der Waals surface area contributed by atoms with Gasteiger partial charge in [0, 0.05) is 28.5 Å². The van der Waals surface area contributed by atoms with Crippen LogP contribution in [0.1, 0.15) is 39.4 Å². The fraction of sp³-hybridized carbons (Fsp3) is 0.0976. The molecule has 1 atom stereocenters. The average molecular weight is 590 g/mol. The molecule has 0 aromatic heterocycles. The number of carbonyl (C=O) groups excluding carboxylic acids is 1. The molecule has 4 heteroatoms. The van der Waals surface area contributed by atoms with Crippen LogP contribution in [0.15, 0.2) is 158 Å². The predicted molar refractivity (Wildman–Crippen MR) is 183 cm³/mol. The summed E-state index contributed by atoms with van der Waals surface area (Å²) in [6.07, 6.45) is 2.74. The van der Waals surface area contributed by atoms with Gasteiger partial charge in [0.1, 0.15) is 23.5 Å². The van der Waals surface area contributed by atoms with Crippen molar-refractivity contribution in [1.29, 1.82) is 0 Å². The molecule has 6 aromatic carbocycles. The minimum atomic E-state index is 0.243. The van der Waals surface area contributed by atoms with Crippen molar-refractivity contribution >= 4 is 23.3 Å². The van der Waals surface area contributed by atoms with Crippen molar-refractivity contribution in [2.75, 3.05) is 12.0 Å². The van der Waals surface area contributed by atoms with Crippen molar-refractivity contribution in [3.8, 4) is 17.2 Å². The second kappa shape index (κ2) is 14.2. The fourth-order valence-corrected chi connectivity index (χ4v) is 5.61. The number of methoxy groups -OCH3 is 1. The molecule has 0 aliphatic heterocycles. The highest BCUT2D eigenvalue weighted by atomic mass is 16.5. The van der Waals surface area contributed by atoms with Crippen LogP contribution in [0.3, 0.4) is 0 Å². The molecule has 0 saturated carbocycles. The number of hydrogen-bond donors (Lipinski definition) is 0. The summed E-state index contributed by atoms with van der Waals surface area (Å²) in [4.78, 5) is 13.2. The van der Waals surface area contributed by atoms with Gasteiger partial charge in [0.15, 0.2) is 0 Å². The van der Waals surface area contributed by atoms with E-state index in [9.17, 15) is 4.79 Å². The minimum Gasteiger partial charge on any atom is -0.497 e. The van der Waals surface area contributed by atoms with E-state index in [1.807, 2.05) is 42.5 Å². The highest BCUT2D eigenvalue weighted by molar-refractivity contribution is 5.77. The lowest BCUT2D eigenvalue weighted by molar-refractivity contribution is 0.112. The molecule has 0 radical (unpaired) electrons. The molecular formula is C41H35NO3. The van der Waals surface area contributed by atoms with Gasteiger partial charge in [0.2, 0.25) is 0 Å². The molecule has 0 fully saturated rings. The Morgan fingerprint density at radius 3 is 1.62 bits per heavy atom. The molecule has 1 unspecified atom stereocenters. The molecular weight excluding hydrogens is 554 g/mol. The summed E-state index contributed by atoms with van der Waals surface area (Å²) in [5, 5.41) is 0. The third-order valence-electron chi connectivity index (χ3n) is 8.00. The number of ether oxygens (including phenoxy) is 2. The highest BCUT2D eigenvalue weighted by Crippen LogP contribution is 2.36. The van der Waals surface area contributed by atoms with Gasteiger partial charge in [-0.1, -0.05) is 72.8 Å². The van der Waals surface area contributed by atoms with Crippen LogP contribution < -0.4 is 14.4 Å². The highest BCUT2D eigenvalue weighted by Gasteiger charge is 2.16. The van der Waals surface area contributed by atoms with Gasteiger partial charge < -0.3 is 14.4 Å². The fourth-order valence-electron chi connectivity index (χ4n) is 5.61. The molecule has 0 spiro atoms. The van der Waals surface area contributed by atoms with Crippen LogP contribution in [0.2, 0.25) is 0 Å². The van der Waals surface area contributed by atoms with E-state index < -0.39 is 0 Å². The molecule has 0 aliphatic rings. The van der Waals surface area contributed by atoms with E-state index in [1.165, 1.54) is 16.7 Å². The zero-order valence-corrected chi connectivity index (χ0v) is 25.3. The first-order valence-corrected chi connectivity index (χ1v) is 15.2. The summed E-state index contributed by atoms with van der Waals surface area (Å²) in [7, 11) is 1.69. The van der Waals surface area contributed by atoms with E-state index in [2.05, 4.69) is 108 Å². The average Bonchev–Trinajstić information content (AvgIpc) is 3.11. The second-order valence-corrected chi connectivity index (χ2v) is 10.9. The Bertz CT molecular complexity index is 1780. The number of benzene rings is 6.